The highest BCUT2D eigenvalue weighted by atomic mass is 16.5. The Balaban J connectivity index is 1.94. The number of nitrogens with one attached hydrogen (secondary N) is 1. The molecule has 3 heteroatoms. The lowest BCUT2D eigenvalue weighted by atomic mass is 9.51. The van der Waals surface area contributed by atoms with Crippen LogP contribution in [0.3, 0.4) is 0 Å². The van der Waals surface area contributed by atoms with E-state index in [0.29, 0.717) is 17.6 Å². The molecule has 0 aromatic rings. The van der Waals surface area contributed by atoms with Gasteiger partial charge in [-0.25, -0.2) is 5.48 Å². The van der Waals surface area contributed by atoms with Gasteiger partial charge in [-0.2, -0.15) is 0 Å². The summed E-state index contributed by atoms with van der Waals surface area (Å²) in [7, 11) is 0. The molecule has 12 heavy (non-hydrogen) atoms. The van der Waals surface area contributed by atoms with E-state index in [2.05, 4.69) is 5.48 Å². The second-order valence-electron chi connectivity index (χ2n) is 3.95. The quantitative estimate of drug-likeness (QED) is 0.629. The minimum atomic E-state index is 0.294. The normalized spacial score (nSPS) is 37.5. The molecule has 2 N–H and O–H groups in total. The molecule has 0 bridgehead atoms. The highest BCUT2D eigenvalue weighted by Gasteiger charge is 2.58. The summed E-state index contributed by atoms with van der Waals surface area (Å²) in [6.07, 6.45) is 5.11. The monoisotopic (exact) mass is 171 g/mol. The maximum absolute atomic E-state index is 8.87. The van der Waals surface area contributed by atoms with Gasteiger partial charge in [0.05, 0.1) is 6.10 Å². The van der Waals surface area contributed by atoms with Crippen LogP contribution in [0.1, 0.15) is 32.6 Å². The molecule has 2 unspecified atom stereocenters. The lowest BCUT2D eigenvalue weighted by molar-refractivity contribution is -0.194. The van der Waals surface area contributed by atoms with Crippen molar-refractivity contribution in [2.45, 2.75) is 44.8 Å². The molecule has 0 aliphatic heterocycles. The molecule has 0 amide bonds. The Morgan fingerprint density at radius 3 is 2.75 bits per heavy atom. The number of ether oxygens (including phenoxy) is 1. The standard InChI is InChI=1S/C9H17NO2/c1-2-12-8-6-7(10-11)9(8)4-3-5-9/h7-8,10-11H,2-6H2,1H3. The number of hydroxylamine groups is 1. The number of hydrogen-bond donors (Lipinski definition) is 2. The molecule has 2 aliphatic rings. The van der Waals surface area contributed by atoms with Crippen LogP contribution in [0.2, 0.25) is 0 Å². The van der Waals surface area contributed by atoms with Crippen molar-refractivity contribution in [3.05, 3.63) is 0 Å². The lowest BCUT2D eigenvalue weighted by Gasteiger charge is -2.60. The van der Waals surface area contributed by atoms with E-state index < -0.39 is 0 Å². The summed E-state index contributed by atoms with van der Waals surface area (Å²) in [4.78, 5) is 0. The largest absolute Gasteiger partial charge is 0.378 e. The van der Waals surface area contributed by atoms with Crippen molar-refractivity contribution < 1.29 is 9.94 Å². The molecule has 1 spiro atoms. The van der Waals surface area contributed by atoms with Gasteiger partial charge in [0.2, 0.25) is 0 Å². The summed E-state index contributed by atoms with van der Waals surface area (Å²) in [5, 5.41) is 8.87. The van der Waals surface area contributed by atoms with Gasteiger partial charge in [-0.15, -0.1) is 0 Å². The van der Waals surface area contributed by atoms with E-state index >= 15 is 0 Å². The number of rotatable bonds is 3. The Bertz CT molecular complexity index is 168. The third kappa shape index (κ3) is 0.934. The predicted octanol–water partition coefficient (Wildman–Crippen LogP) is 1.31. The van der Waals surface area contributed by atoms with Gasteiger partial charge < -0.3 is 9.94 Å². The zero-order valence-electron chi connectivity index (χ0n) is 7.55. The summed E-state index contributed by atoms with van der Waals surface area (Å²) in [6, 6.07) is 0.294. The summed E-state index contributed by atoms with van der Waals surface area (Å²) in [6.45, 7) is 2.83. The molecule has 70 valence electrons. The van der Waals surface area contributed by atoms with E-state index in [4.69, 9.17) is 9.94 Å². The smallest absolute Gasteiger partial charge is 0.0662 e. The first-order valence-corrected chi connectivity index (χ1v) is 4.84. The number of hydrogen-bond acceptors (Lipinski definition) is 3. The average molecular weight is 171 g/mol. The van der Waals surface area contributed by atoms with Crippen LogP contribution in [0.15, 0.2) is 0 Å². The summed E-state index contributed by atoms with van der Waals surface area (Å²) < 4.78 is 5.62. The third-order valence-electron chi connectivity index (χ3n) is 3.59. The second kappa shape index (κ2) is 2.98. The van der Waals surface area contributed by atoms with E-state index in [1.807, 2.05) is 6.92 Å². The molecule has 0 saturated heterocycles. The lowest BCUT2D eigenvalue weighted by Crippen LogP contribution is -2.66. The minimum Gasteiger partial charge on any atom is -0.378 e. The highest BCUT2D eigenvalue weighted by molar-refractivity contribution is 5.11. The van der Waals surface area contributed by atoms with Crippen molar-refractivity contribution in [1.29, 1.82) is 0 Å². The fourth-order valence-corrected chi connectivity index (χ4v) is 2.62. The van der Waals surface area contributed by atoms with Gasteiger partial charge in [0, 0.05) is 18.1 Å². The van der Waals surface area contributed by atoms with Crippen molar-refractivity contribution in [2.75, 3.05) is 6.61 Å². The van der Waals surface area contributed by atoms with Crippen LogP contribution in [0.4, 0.5) is 0 Å². The van der Waals surface area contributed by atoms with Crippen LogP contribution < -0.4 is 5.48 Å². The molecule has 2 rings (SSSR count). The molecular formula is C9H17NO2. The van der Waals surface area contributed by atoms with Crippen molar-refractivity contribution >= 4 is 0 Å². The van der Waals surface area contributed by atoms with Crippen molar-refractivity contribution in [2.24, 2.45) is 5.41 Å². The molecule has 0 aromatic carbocycles. The maximum atomic E-state index is 8.87. The van der Waals surface area contributed by atoms with Gasteiger partial charge in [0.15, 0.2) is 0 Å². The second-order valence-corrected chi connectivity index (χ2v) is 3.95. The first-order valence-electron chi connectivity index (χ1n) is 4.84. The van der Waals surface area contributed by atoms with Gasteiger partial charge in [0.1, 0.15) is 0 Å². The molecule has 0 aromatic heterocycles. The Kier molecular flexibility index (Phi) is 2.10. The molecule has 0 radical (unpaired) electrons. The van der Waals surface area contributed by atoms with E-state index in [-0.39, 0.29) is 0 Å². The molecule has 3 nitrogen and oxygen atoms in total. The van der Waals surface area contributed by atoms with Gasteiger partial charge in [-0.05, 0) is 26.2 Å². The maximum Gasteiger partial charge on any atom is 0.0662 e. The van der Waals surface area contributed by atoms with Crippen molar-refractivity contribution in [3.8, 4) is 0 Å². The van der Waals surface area contributed by atoms with Crippen molar-refractivity contribution in [1.82, 2.24) is 5.48 Å². The van der Waals surface area contributed by atoms with Gasteiger partial charge in [0.25, 0.3) is 0 Å². The fourth-order valence-electron chi connectivity index (χ4n) is 2.62. The fraction of sp³-hybridized carbons (Fsp3) is 1.00. The Morgan fingerprint density at radius 1 is 1.58 bits per heavy atom. The van der Waals surface area contributed by atoms with Gasteiger partial charge in [-0.3, -0.25) is 0 Å². The molecule has 2 aliphatic carbocycles. The van der Waals surface area contributed by atoms with E-state index in [1.165, 1.54) is 19.3 Å². The van der Waals surface area contributed by atoms with Crippen LogP contribution in [0.25, 0.3) is 0 Å². The van der Waals surface area contributed by atoms with Crippen LogP contribution >= 0.6 is 0 Å². The van der Waals surface area contributed by atoms with Gasteiger partial charge in [-0.1, -0.05) is 6.42 Å². The van der Waals surface area contributed by atoms with Crippen molar-refractivity contribution in [3.63, 3.8) is 0 Å². The highest BCUT2D eigenvalue weighted by Crippen LogP contribution is 2.57. The van der Waals surface area contributed by atoms with Gasteiger partial charge >= 0.3 is 0 Å². The van der Waals surface area contributed by atoms with E-state index in [0.717, 1.165) is 13.0 Å². The van der Waals surface area contributed by atoms with Crippen LogP contribution in [0.5, 0.6) is 0 Å². The molecule has 2 fully saturated rings. The van der Waals surface area contributed by atoms with E-state index in [9.17, 15) is 0 Å². The van der Waals surface area contributed by atoms with Crippen LogP contribution in [0, 0.1) is 5.41 Å². The van der Waals surface area contributed by atoms with Crippen LogP contribution in [-0.2, 0) is 4.74 Å². The zero-order valence-corrected chi connectivity index (χ0v) is 7.55. The SMILES string of the molecule is CCOC1CC(NO)C12CCC2. The molecular weight excluding hydrogens is 154 g/mol. The molecule has 2 atom stereocenters. The summed E-state index contributed by atoms with van der Waals surface area (Å²) >= 11 is 0. The minimum absolute atomic E-state index is 0.294. The Morgan fingerprint density at radius 2 is 2.33 bits per heavy atom. The first-order chi connectivity index (χ1) is 5.83. The molecule has 0 heterocycles. The topological polar surface area (TPSA) is 41.5 Å². The third-order valence-corrected chi connectivity index (χ3v) is 3.59. The predicted molar refractivity (Wildman–Crippen MR) is 45.0 cm³/mol. The Labute approximate surface area is 73.1 Å². The zero-order chi connectivity index (χ0) is 8.60. The first kappa shape index (κ1) is 8.48. The van der Waals surface area contributed by atoms with Crippen LogP contribution in [-0.4, -0.2) is 24.0 Å². The van der Waals surface area contributed by atoms with E-state index in [1.54, 1.807) is 0 Å². The summed E-state index contributed by atoms with van der Waals surface area (Å²) in [5.41, 5.74) is 2.70. The Hall–Kier alpha value is -0.120. The molecule has 2 saturated carbocycles. The average Bonchev–Trinajstić information content (AvgIpc) is 1.93. The summed E-state index contributed by atoms with van der Waals surface area (Å²) in [5.74, 6) is 0.